The van der Waals surface area contributed by atoms with Gasteiger partial charge in [0.1, 0.15) is 10.6 Å². The fourth-order valence-corrected chi connectivity index (χ4v) is 2.75. The number of carbonyl (C=O) groups is 1. The van der Waals surface area contributed by atoms with Gasteiger partial charge < -0.3 is 10.5 Å². The largest absolute Gasteiger partial charge is 0.455 e. The monoisotopic (exact) mass is 270 g/mol. The molecule has 0 bridgehead atoms. The van der Waals surface area contributed by atoms with Crippen LogP contribution in [0, 0.1) is 0 Å². The van der Waals surface area contributed by atoms with Crippen LogP contribution < -0.4 is 10.5 Å². The van der Waals surface area contributed by atoms with E-state index >= 15 is 0 Å². The number of aromatic nitrogens is 1. The van der Waals surface area contributed by atoms with E-state index in [0.717, 1.165) is 10.1 Å². The van der Waals surface area contributed by atoms with Gasteiger partial charge in [0.15, 0.2) is 5.75 Å². The van der Waals surface area contributed by atoms with E-state index in [1.807, 2.05) is 36.4 Å². The van der Waals surface area contributed by atoms with Crippen molar-refractivity contribution in [2.75, 3.05) is 0 Å². The van der Waals surface area contributed by atoms with Gasteiger partial charge in [0.25, 0.3) is 5.91 Å². The lowest BCUT2D eigenvalue weighted by Crippen LogP contribution is -2.09. The van der Waals surface area contributed by atoms with Crippen molar-refractivity contribution in [2.24, 2.45) is 5.73 Å². The van der Waals surface area contributed by atoms with E-state index in [1.165, 1.54) is 11.3 Å². The third-order valence-electron chi connectivity index (χ3n) is 2.63. The number of amides is 1. The summed E-state index contributed by atoms with van der Waals surface area (Å²) in [6.45, 7) is 0. The second-order valence-corrected chi connectivity index (χ2v) is 4.96. The van der Waals surface area contributed by atoms with Crippen LogP contribution in [0.1, 0.15) is 9.67 Å². The second-order valence-electron chi connectivity index (χ2n) is 3.91. The van der Waals surface area contributed by atoms with Crippen molar-refractivity contribution in [3.63, 3.8) is 0 Å². The van der Waals surface area contributed by atoms with Crippen LogP contribution in [-0.4, -0.2) is 10.9 Å². The number of nitrogens with two attached hydrogens (primary N) is 1. The minimum absolute atomic E-state index is 0.409. The smallest absolute Gasteiger partial charge is 0.262 e. The highest BCUT2D eigenvalue weighted by Gasteiger charge is 2.18. The van der Waals surface area contributed by atoms with Crippen LogP contribution in [0.15, 0.2) is 48.8 Å². The van der Waals surface area contributed by atoms with Crippen LogP contribution >= 0.6 is 11.3 Å². The molecule has 2 heterocycles. The van der Waals surface area contributed by atoms with Gasteiger partial charge in [0, 0.05) is 17.8 Å². The first-order valence-corrected chi connectivity index (χ1v) is 6.46. The summed E-state index contributed by atoms with van der Waals surface area (Å²) >= 11 is 1.29. The zero-order valence-electron chi connectivity index (χ0n) is 9.87. The third-order valence-corrected chi connectivity index (χ3v) is 3.77. The summed E-state index contributed by atoms with van der Waals surface area (Å²) in [6.07, 6.45) is 3.36. The molecule has 0 radical (unpaired) electrons. The molecule has 1 amide bonds. The Hall–Kier alpha value is -2.40. The van der Waals surface area contributed by atoms with Gasteiger partial charge in [0.05, 0.1) is 4.70 Å². The molecule has 0 saturated heterocycles. The van der Waals surface area contributed by atoms with E-state index in [9.17, 15) is 4.79 Å². The maximum atomic E-state index is 11.5. The van der Waals surface area contributed by atoms with E-state index in [1.54, 1.807) is 12.4 Å². The minimum atomic E-state index is -0.493. The van der Waals surface area contributed by atoms with E-state index in [-0.39, 0.29) is 0 Å². The van der Waals surface area contributed by atoms with Crippen molar-refractivity contribution < 1.29 is 9.53 Å². The number of carbonyl (C=O) groups excluding carboxylic acids is 1. The van der Waals surface area contributed by atoms with E-state index in [4.69, 9.17) is 10.5 Å². The number of primary amides is 1. The first-order valence-electron chi connectivity index (χ1n) is 5.65. The Balaban J connectivity index is 2.15. The molecule has 3 rings (SSSR count). The maximum Gasteiger partial charge on any atom is 0.262 e. The number of rotatable bonds is 3. The summed E-state index contributed by atoms with van der Waals surface area (Å²) in [7, 11) is 0. The van der Waals surface area contributed by atoms with Crippen LogP contribution in [0.3, 0.4) is 0 Å². The van der Waals surface area contributed by atoms with Crippen molar-refractivity contribution >= 4 is 27.3 Å². The molecule has 3 aromatic rings. The van der Waals surface area contributed by atoms with Crippen molar-refractivity contribution in [1.29, 1.82) is 0 Å². The molecule has 0 aliphatic carbocycles. The van der Waals surface area contributed by atoms with Crippen molar-refractivity contribution in [3.05, 3.63) is 53.7 Å². The lowest BCUT2D eigenvalue weighted by atomic mass is 10.2. The van der Waals surface area contributed by atoms with Crippen LogP contribution in [0.5, 0.6) is 11.5 Å². The van der Waals surface area contributed by atoms with E-state index in [2.05, 4.69) is 4.98 Å². The molecule has 4 nitrogen and oxygen atoms in total. The van der Waals surface area contributed by atoms with Gasteiger partial charge in [-0.3, -0.25) is 9.78 Å². The number of ether oxygens (including phenoxy) is 1. The van der Waals surface area contributed by atoms with Gasteiger partial charge in [-0.15, -0.1) is 11.3 Å². The summed E-state index contributed by atoms with van der Waals surface area (Å²) in [5, 5.41) is 0.845. The van der Waals surface area contributed by atoms with E-state index in [0.29, 0.717) is 16.4 Å². The van der Waals surface area contributed by atoms with Crippen LogP contribution in [-0.2, 0) is 0 Å². The number of pyridine rings is 1. The van der Waals surface area contributed by atoms with Gasteiger partial charge in [-0.05, 0) is 18.2 Å². The molecular weight excluding hydrogens is 260 g/mol. The molecule has 2 aromatic heterocycles. The van der Waals surface area contributed by atoms with Crippen LogP contribution in [0.25, 0.3) is 10.1 Å². The summed E-state index contributed by atoms with van der Waals surface area (Å²) in [5.74, 6) is 0.676. The molecule has 1 aromatic carbocycles. The van der Waals surface area contributed by atoms with Crippen molar-refractivity contribution in [1.82, 2.24) is 4.98 Å². The van der Waals surface area contributed by atoms with Crippen molar-refractivity contribution in [3.8, 4) is 11.5 Å². The third kappa shape index (κ3) is 2.15. The molecule has 0 saturated carbocycles. The van der Waals surface area contributed by atoms with Gasteiger partial charge in [-0.1, -0.05) is 18.2 Å². The molecular formula is C14H10N2O2S. The zero-order valence-corrected chi connectivity index (χ0v) is 10.7. The molecule has 0 aliphatic heterocycles. The highest BCUT2D eigenvalue weighted by atomic mass is 32.1. The first kappa shape index (κ1) is 11.7. The molecule has 94 valence electrons. The summed E-state index contributed by atoms with van der Waals surface area (Å²) in [6, 6.07) is 11.1. The van der Waals surface area contributed by atoms with Crippen LogP contribution in [0.4, 0.5) is 0 Å². The number of thiophene rings is 1. The van der Waals surface area contributed by atoms with Gasteiger partial charge in [-0.25, -0.2) is 0 Å². The fourth-order valence-electron chi connectivity index (χ4n) is 1.80. The average molecular weight is 270 g/mol. The predicted octanol–water partition coefficient (Wildman–Crippen LogP) is 3.19. The molecule has 0 aliphatic rings. The molecule has 0 spiro atoms. The number of para-hydroxylation sites is 1. The predicted molar refractivity (Wildman–Crippen MR) is 74.7 cm³/mol. The average Bonchev–Trinajstić information content (AvgIpc) is 2.79. The van der Waals surface area contributed by atoms with Crippen LogP contribution in [0.2, 0.25) is 0 Å². The summed E-state index contributed by atoms with van der Waals surface area (Å²) in [4.78, 5) is 16.0. The standard InChI is InChI=1S/C14H10N2O2S/c15-14(17)13-12(18-9-4-2-1-3-5-9)10-6-7-16-8-11(10)19-13/h1-8H,(H2,15,17). The number of hydrogen-bond acceptors (Lipinski definition) is 4. The molecule has 0 atom stereocenters. The van der Waals surface area contributed by atoms with E-state index < -0.39 is 5.91 Å². The Morgan fingerprint density at radius 1 is 1.21 bits per heavy atom. The fraction of sp³-hybridized carbons (Fsp3) is 0. The number of benzene rings is 1. The molecule has 0 unspecified atom stereocenters. The first-order chi connectivity index (χ1) is 9.25. The lowest BCUT2D eigenvalue weighted by Gasteiger charge is -2.05. The van der Waals surface area contributed by atoms with Gasteiger partial charge in [-0.2, -0.15) is 0 Å². The molecule has 0 fully saturated rings. The highest BCUT2D eigenvalue weighted by Crippen LogP contribution is 2.39. The Morgan fingerprint density at radius 2 is 2.00 bits per heavy atom. The zero-order chi connectivity index (χ0) is 13.2. The topological polar surface area (TPSA) is 65.2 Å². The quantitative estimate of drug-likeness (QED) is 0.794. The number of hydrogen-bond donors (Lipinski definition) is 1. The Labute approximate surface area is 113 Å². The minimum Gasteiger partial charge on any atom is -0.455 e. The maximum absolute atomic E-state index is 11.5. The molecule has 2 N–H and O–H groups in total. The van der Waals surface area contributed by atoms with Gasteiger partial charge in [0.2, 0.25) is 0 Å². The summed E-state index contributed by atoms with van der Waals surface area (Å²) < 4.78 is 6.68. The van der Waals surface area contributed by atoms with Gasteiger partial charge >= 0.3 is 0 Å². The molecule has 5 heteroatoms. The highest BCUT2D eigenvalue weighted by molar-refractivity contribution is 7.21. The molecule has 19 heavy (non-hydrogen) atoms. The lowest BCUT2D eigenvalue weighted by molar-refractivity contribution is 0.100. The Kier molecular flexibility index (Phi) is 2.89. The van der Waals surface area contributed by atoms with Crippen molar-refractivity contribution in [2.45, 2.75) is 0 Å². The number of fused-ring (bicyclic) bond motifs is 1. The summed E-state index contributed by atoms with van der Waals surface area (Å²) in [5.41, 5.74) is 5.40. The number of nitrogens with zero attached hydrogens (tertiary/aromatic N) is 1. The Morgan fingerprint density at radius 3 is 2.74 bits per heavy atom. The normalized spacial score (nSPS) is 10.5. The SMILES string of the molecule is NC(=O)c1sc2cnccc2c1Oc1ccccc1. The Bertz CT molecular complexity index is 738. The second kappa shape index (κ2) is 4.70.